The highest BCUT2D eigenvalue weighted by molar-refractivity contribution is 6.66. The second-order valence-corrected chi connectivity index (χ2v) is 6.41. The SMILES string of the molecule is CCCCn1c2c(c(=O)n(CCCCC(=O)OCC)c1=O)CC(Cl)=N2. The molecule has 0 amide bonds. The van der Waals surface area contributed by atoms with Crippen LogP contribution in [0.5, 0.6) is 0 Å². The molecule has 1 aromatic rings. The minimum atomic E-state index is -0.358. The predicted molar refractivity (Wildman–Crippen MR) is 97.0 cm³/mol. The van der Waals surface area contributed by atoms with Crippen molar-refractivity contribution in [3.63, 3.8) is 0 Å². The third-order valence-electron chi connectivity index (χ3n) is 4.09. The molecule has 0 saturated heterocycles. The van der Waals surface area contributed by atoms with Crippen molar-refractivity contribution in [3.05, 3.63) is 26.4 Å². The van der Waals surface area contributed by atoms with Gasteiger partial charge in [0.05, 0.1) is 12.2 Å². The summed E-state index contributed by atoms with van der Waals surface area (Å²) in [5.41, 5.74) is -0.210. The number of carbonyl (C=O) groups excluding carboxylic acids is 1. The standard InChI is InChI=1S/C17H24ClN3O4/c1-3-5-9-20-15-12(11-13(18)19-15)16(23)21(17(20)24)10-7-6-8-14(22)25-4-2/h3-11H2,1-2H3. The predicted octanol–water partition coefficient (Wildman–Crippen LogP) is 2.37. The number of hydrogen-bond donors (Lipinski definition) is 0. The van der Waals surface area contributed by atoms with Crippen LogP contribution in [0.3, 0.4) is 0 Å². The summed E-state index contributed by atoms with van der Waals surface area (Å²) >= 11 is 5.99. The maximum Gasteiger partial charge on any atom is 0.332 e. The third kappa shape index (κ3) is 4.60. The molecule has 0 aromatic carbocycles. The van der Waals surface area contributed by atoms with E-state index in [0.29, 0.717) is 42.5 Å². The van der Waals surface area contributed by atoms with E-state index in [1.165, 1.54) is 4.57 Å². The van der Waals surface area contributed by atoms with Crippen molar-refractivity contribution in [1.29, 1.82) is 0 Å². The topological polar surface area (TPSA) is 82.7 Å². The number of unbranched alkanes of at least 4 members (excludes halogenated alkanes) is 2. The zero-order valence-electron chi connectivity index (χ0n) is 14.7. The number of hydrogen-bond acceptors (Lipinski definition) is 5. The number of halogens is 1. The minimum absolute atomic E-state index is 0.260. The number of aromatic nitrogens is 2. The summed E-state index contributed by atoms with van der Waals surface area (Å²) in [5.74, 6) is 0.139. The van der Waals surface area contributed by atoms with Gasteiger partial charge in [-0.1, -0.05) is 24.9 Å². The summed E-state index contributed by atoms with van der Waals surface area (Å²) in [4.78, 5) is 40.9. The summed E-state index contributed by atoms with van der Waals surface area (Å²) in [6, 6.07) is 0. The normalized spacial score (nSPS) is 12.8. The zero-order valence-corrected chi connectivity index (χ0v) is 15.5. The highest BCUT2D eigenvalue weighted by Crippen LogP contribution is 2.24. The van der Waals surface area contributed by atoms with Crippen molar-refractivity contribution in [3.8, 4) is 0 Å². The maximum atomic E-state index is 12.7. The molecule has 0 radical (unpaired) electrons. The molecule has 1 aliphatic heterocycles. The molecular weight excluding hydrogens is 346 g/mol. The summed E-state index contributed by atoms with van der Waals surface area (Å²) < 4.78 is 7.66. The van der Waals surface area contributed by atoms with E-state index < -0.39 is 0 Å². The van der Waals surface area contributed by atoms with Crippen molar-refractivity contribution < 1.29 is 9.53 Å². The van der Waals surface area contributed by atoms with Crippen LogP contribution in [0, 0.1) is 0 Å². The van der Waals surface area contributed by atoms with Gasteiger partial charge in [0, 0.05) is 25.9 Å². The largest absolute Gasteiger partial charge is 0.466 e. The first kappa shape index (κ1) is 19.4. The van der Waals surface area contributed by atoms with Gasteiger partial charge < -0.3 is 4.74 Å². The second kappa shape index (κ2) is 8.99. The molecule has 25 heavy (non-hydrogen) atoms. The average Bonchev–Trinajstić information content (AvgIpc) is 2.96. The van der Waals surface area contributed by atoms with Crippen LogP contribution in [0.2, 0.25) is 0 Å². The van der Waals surface area contributed by atoms with Gasteiger partial charge in [0.2, 0.25) is 0 Å². The van der Waals surface area contributed by atoms with Crippen molar-refractivity contribution in [2.24, 2.45) is 4.99 Å². The van der Waals surface area contributed by atoms with E-state index in [4.69, 9.17) is 16.3 Å². The second-order valence-electron chi connectivity index (χ2n) is 5.97. The molecule has 138 valence electrons. The fourth-order valence-electron chi connectivity index (χ4n) is 2.81. The fourth-order valence-corrected chi connectivity index (χ4v) is 3.03. The van der Waals surface area contributed by atoms with E-state index in [2.05, 4.69) is 4.99 Å². The maximum absolute atomic E-state index is 12.7. The Hall–Kier alpha value is -1.89. The smallest absolute Gasteiger partial charge is 0.332 e. The molecule has 0 saturated carbocycles. The van der Waals surface area contributed by atoms with Crippen LogP contribution < -0.4 is 11.2 Å². The molecule has 1 aliphatic rings. The lowest BCUT2D eigenvalue weighted by Crippen LogP contribution is -2.41. The van der Waals surface area contributed by atoms with E-state index in [1.54, 1.807) is 11.5 Å². The lowest BCUT2D eigenvalue weighted by atomic mass is 10.2. The van der Waals surface area contributed by atoms with Crippen LogP contribution in [0.15, 0.2) is 14.6 Å². The van der Waals surface area contributed by atoms with Gasteiger partial charge in [0.15, 0.2) is 0 Å². The van der Waals surface area contributed by atoms with Gasteiger partial charge in [-0.05, 0) is 26.2 Å². The molecule has 7 nitrogen and oxygen atoms in total. The summed E-state index contributed by atoms with van der Waals surface area (Å²) in [7, 11) is 0. The van der Waals surface area contributed by atoms with Gasteiger partial charge in [-0.15, -0.1) is 0 Å². The van der Waals surface area contributed by atoms with Gasteiger partial charge in [-0.25, -0.2) is 9.79 Å². The van der Waals surface area contributed by atoms with Crippen molar-refractivity contribution in [1.82, 2.24) is 9.13 Å². The number of rotatable bonds is 9. The van der Waals surface area contributed by atoms with Crippen LogP contribution >= 0.6 is 11.6 Å². The Bertz CT molecular complexity index is 779. The monoisotopic (exact) mass is 369 g/mol. The number of esters is 1. The van der Waals surface area contributed by atoms with E-state index in [-0.39, 0.29) is 36.6 Å². The Labute approximate surface area is 151 Å². The van der Waals surface area contributed by atoms with Crippen LogP contribution in [0.1, 0.15) is 51.5 Å². The summed E-state index contributed by atoms with van der Waals surface area (Å²) in [5, 5.41) is 0.330. The first-order chi connectivity index (χ1) is 12.0. The molecule has 0 aliphatic carbocycles. The molecule has 2 heterocycles. The van der Waals surface area contributed by atoms with E-state index >= 15 is 0 Å². The molecule has 0 N–H and O–H groups in total. The van der Waals surface area contributed by atoms with Crippen molar-refractivity contribution in [2.45, 2.75) is 65.5 Å². The van der Waals surface area contributed by atoms with Crippen LogP contribution in [0.25, 0.3) is 0 Å². The average molecular weight is 370 g/mol. The van der Waals surface area contributed by atoms with Gasteiger partial charge in [-0.3, -0.25) is 18.7 Å². The molecule has 2 rings (SSSR count). The minimum Gasteiger partial charge on any atom is -0.466 e. The van der Waals surface area contributed by atoms with E-state index in [9.17, 15) is 14.4 Å². The number of nitrogens with zero attached hydrogens (tertiary/aromatic N) is 3. The highest BCUT2D eigenvalue weighted by Gasteiger charge is 2.24. The van der Waals surface area contributed by atoms with Gasteiger partial charge in [0.1, 0.15) is 11.0 Å². The Morgan fingerprint density at radius 3 is 2.56 bits per heavy atom. The van der Waals surface area contributed by atoms with E-state index in [0.717, 1.165) is 12.8 Å². The quantitative estimate of drug-likeness (QED) is 0.494. The Balaban J connectivity index is 2.19. The van der Waals surface area contributed by atoms with Gasteiger partial charge >= 0.3 is 11.7 Å². The van der Waals surface area contributed by atoms with Crippen molar-refractivity contribution in [2.75, 3.05) is 6.61 Å². The van der Waals surface area contributed by atoms with Crippen LogP contribution in [-0.4, -0.2) is 26.9 Å². The molecule has 8 heteroatoms. The Morgan fingerprint density at radius 2 is 1.88 bits per heavy atom. The highest BCUT2D eigenvalue weighted by atomic mass is 35.5. The molecule has 0 spiro atoms. The fraction of sp³-hybridized carbons (Fsp3) is 0.647. The summed E-state index contributed by atoms with van der Waals surface area (Å²) in [6.07, 6.45) is 3.42. The molecule has 0 bridgehead atoms. The van der Waals surface area contributed by atoms with Crippen molar-refractivity contribution >= 4 is 28.6 Å². The lowest BCUT2D eigenvalue weighted by Gasteiger charge is -2.13. The number of aliphatic imine (C=N–C) groups is 1. The number of ether oxygens (including phenoxy) is 1. The first-order valence-corrected chi connectivity index (χ1v) is 9.12. The van der Waals surface area contributed by atoms with Crippen LogP contribution in [0.4, 0.5) is 5.82 Å². The Morgan fingerprint density at radius 1 is 1.16 bits per heavy atom. The molecule has 0 unspecified atom stereocenters. The van der Waals surface area contributed by atoms with E-state index in [1.807, 2.05) is 6.92 Å². The zero-order chi connectivity index (χ0) is 18.4. The number of carbonyl (C=O) groups is 1. The van der Waals surface area contributed by atoms with Crippen LogP contribution in [-0.2, 0) is 29.0 Å². The Kier molecular flexibility index (Phi) is 6.99. The lowest BCUT2D eigenvalue weighted by molar-refractivity contribution is -0.143. The summed E-state index contributed by atoms with van der Waals surface area (Å²) in [6.45, 7) is 4.93. The molecular formula is C17H24ClN3O4. The van der Waals surface area contributed by atoms with Gasteiger partial charge in [0.25, 0.3) is 5.56 Å². The molecule has 0 atom stereocenters. The molecule has 1 aromatic heterocycles. The molecule has 0 fully saturated rings. The number of fused-ring (bicyclic) bond motifs is 1. The third-order valence-corrected chi connectivity index (χ3v) is 4.31. The first-order valence-electron chi connectivity index (χ1n) is 8.74. The van der Waals surface area contributed by atoms with Gasteiger partial charge in [-0.2, -0.15) is 0 Å².